The summed E-state index contributed by atoms with van der Waals surface area (Å²) in [6, 6.07) is 7.84. The molecule has 3 rings (SSSR count). The Balaban J connectivity index is 1.49. The van der Waals surface area contributed by atoms with Crippen molar-refractivity contribution in [3.63, 3.8) is 0 Å². The second-order valence-corrected chi connectivity index (χ2v) is 8.05. The topological polar surface area (TPSA) is 35.6 Å². The normalized spacial score (nSPS) is 16.1. The zero-order valence-electron chi connectivity index (χ0n) is 14.1. The summed E-state index contributed by atoms with van der Waals surface area (Å²) in [5.41, 5.74) is 1.40. The Morgan fingerprint density at radius 3 is 2.56 bits per heavy atom. The van der Waals surface area contributed by atoms with E-state index in [0.29, 0.717) is 22.3 Å². The summed E-state index contributed by atoms with van der Waals surface area (Å²) in [5.74, 6) is -0.0823. The average molecular weight is 398 g/mol. The summed E-state index contributed by atoms with van der Waals surface area (Å²) in [4.78, 5) is 18.3. The monoisotopic (exact) mass is 397 g/mol. The van der Waals surface area contributed by atoms with E-state index in [2.05, 4.69) is 32.6 Å². The van der Waals surface area contributed by atoms with E-state index >= 15 is 0 Å². The minimum Gasteiger partial charge on any atom is -0.322 e. The predicted octanol–water partition coefficient (Wildman–Crippen LogP) is 4.12. The highest BCUT2D eigenvalue weighted by Gasteiger charge is 2.20. The van der Waals surface area contributed by atoms with Crippen molar-refractivity contribution in [1.82, 2.24) is 9.80 Å². The SMILES string of the molecule is Cc1ccc(Cl)c(NC(=O)CN2CCN(Cc3cccs3)CC2)c1Cl. The van der Waals surface area contributed by atoms with Gasteiger partial charge in [0, 0.05) is 37.6 Å². The number of thiophene rings is 1. The van der Waals surface area contributed by atoms with Gasteiger partial charge in [0.15, 0.2) is 0 Å². The lowest BCUT2D eigenvalue weighted by molar-refractivity contribution is -0.117. The number of hydrogen-bond acceptors (Lipinski definition) is 4. The molecule has 2 heterocycles. The number of piperazine rings is 1. The number of rotatable bonds is 5. The van der Waals surface area contributed by atoms with E-state index in [-0.39, 0.29) is 5.91 Å². The molecule has 0 saturated carbocycles. The number of carbonyl (C=O) groups is 1. The first-order valence-electron chi connectivity index (χ1n) is 8.24. The number of carbonyl (C=O) groups excluding carboxylic acids is 1. The third-order valence-electron chi connectivity index (χ3n) is 4.34. The van der Waals surface area contributed by atoms with Crippen molar-refractivity contribution in [1.29, 1.82) is 0 Å². The number of nitrogens with one attached hydrogen (secondary N) is 1. The highest BCUT2D eigenvalue weighted by atomic mass is 35.5. The van der Waals surface area contributed by atoms with E-state index < -0.39 is 0 Å². The largest absolute Gasteiger partial charge is 0.322 e. The fourth-order valence-electron chi connectivity index (χ4n) is 2.88. The number of nitrogens with zero attached hydrogens (tertiary/aromatic N) is 2. The number of aryl methyl sites for hydroxylation is 1. The van der Waals surface area contributed by atoms with Crippen molar-refractivity contribution >= 4 is 46.1 Å². The van der Waals surface area contributed by atoms with Gasteiger partial charge in [-0.15, -0.1) is 11.3 Å². The van der Waals surface area contributed by atoms with Crippen molar-refractivity contribution < 1.29 is 4.79 Å². The van der Waals surface area contributed by atoms with Crippen molar-refractivity contribution in [2.45, 2.75) is 13.5 Å². The molecule has 25 heavy (non-hydrogen) atoms. The molecule has 2 aromatic rings. The molecule has 0 bridgehead atoms. The summed E-state index contributed by atoms with van der Waals surface area (Å²) in [7, 11) is 0. The lowest BCUT2D eigenvalue weighted by atomic mass is 10.2. The molecule has 0 radical (unpaired) electrons. The third kappa shape index (κ3) is 4.96. The fourth-order valence-corrected chi connectivity index (χ4v) is 4.09. The predicted molar refractivity (Wildman–Crippen MR) is 106 cm³/mol. The van der Waals surface area contributed by atoms with Crippen LogP contribution in [0.15, 0.2) is 29.6 Å². The zero-order valence-corrected chi connectivity index (χ0v) is 16.4. The Labute approximate surface area is 162 Å². The standard InChI is InChI=1S/C18H21Cl2N3OS/c1-13-4-5-15(19)18(17(13)20)21-16(24)12-23-8-6-22(7-9-23)11-14-3-2-10-25-14/h2-5,10H,6-9,11-12H2,1H3,(H,21,24). The second-order valence-electron chi connectivity index (χ2n) is 6.23. The Bertz CT molecular complexity index is 728. The van der Waals surface area contributed by atoms with E-state index in [9.17, 15) is 4.79 Å². The average Bonchev–Trinajstić information content (AvgIpc) is 3.10. The van der Waals surface area contributed by atoms with Crippen molar-refractivity contribution in [3.8, 4) is 0 Å². The minimum atomic E-state index is -0.0823. The van der Waals surface area contributed by atoms with Gasteiger partial charge >= 0.3 is 0 Å². The van der Waals surface area contributed by atoms with Crippen LogP contribution in [0.5, 0.6) is 0 Å². The maximum atomic E-state index is 12.4. The molecule has 1 aliphatic rings. The van der Waals surface area contributed by atoms with Crippen LogP contribution < -0.4 is 5.32 Å². The first kappa shape index (κ1) is 18.7. The van der Waals surface area contributed by atoms with Gasteiger partial charge in [-0.05, 0) is 30.0 Å². The molecule has 0 aliphatic carbocycles. The molecule has 1 saturated heterocycles. The van der Waals surface area contributed by atoms with Gasteiger partial charge in [0.05, 0.1) is 22.3 Å². The number of halogens is 2. The molecule has 1 N–H and O–H groups in total. The summed E-state index contributed by atoms with van der Waals surface area (Å²) >= 11 is 14.2. The molecule has 134 valence electrons. The van der Waals surface area contributed by atoms with Gasteiger partial charge in [0.25, 0.3) is 0 Å². The van der Waals surface area contributed by atoms with Crippen molar-refractivity contribution in [2.24, 2.45) is 0 Å². The van der Waals surface area contributed by atoms with E-state index in [1.165, 1.54) is 4.88 Å². The van der Waals surface area contributed by atoms with Gasteiger partial charge in [-0.2, -0.15) is 0 Å². The van der Waals surface area contributed by atoms with Crippen LogP contribution in [0.3, 0.4) is 0 Å². The van der Waals surface area contributed by atoms with Crippen LogP contribution >= 0.6 is 34.5 Å². The smallest absolute Gasteiger partial charge is 0.238 e. The molecule has 1 amide bonds. The summed E-state index contributed by atoms with van der Waals surface area (Å²) in [6.07, 6.45) is 0. The van der Waals surface area contributed by atoms with Gasteiger partial charge < -0.3 is 5.32 Å². The van der Waals surface area contributed by atoms with Crippen LogP contribution in [0.1, 0.15) is 10.4 Å². The van der Waals surface area contributed by atoms with Gasteiger partial charge in [-0.25, -0.2) is 0 Å². The molecule has 0 unspecified atom stereocenters. The highest BCUT2D eigenvalue weighted by Crippen LogP contribution is 2.32. The van der Waals surface area contributed by atoms with Crippen molar-refractivity contribution in [2.75, 3.05) is 38.0 Å². The Hall–Kier alpha value is -1.11. The third-order valence-corrected chi connectivity index (χ3v) is 6.00. The molecule has 7 heteroatoms. The summed E-state index contributed by atoms with van der Waals surface area (Å²) < 4.78 is 0. The Kier molecular flexibility index (Phi) is 6.36. The number of hydrogen-bond donors (Lipinski definition) is 1. The first-order chi connectivity index (χ1) is 12.0. The second kappa shape index (κ2) is 8.52. The van der Waals surface area contributed by atoms with Crippen molar-refractivity contribution in [3.05, 3.63) is 50.1 Å². The molecule has 1 aliphatic heterocycles. The molecular formula is C18H21Cl2N3OS. The number of benzene rings is 1. The number of amides is 1. The highest BCUT2D eigenvalue weighted by molar-refractivity contribution is 7.09. The fraction of sp³-hybridized carbons (Fsp3) is 0.389. The Morgan fingerprint density at radius 1 is 1.16 bits per heavy atom. The van der Waals surface area contributed by atoms with Gasteiger partial charge in [-0.3, -0.25) is 14.6 Å². The Morgan fingerprint density at radius 2 is 1.88 bits per heavy atom. The van der Waals surface area contributed by atoms with E-state index in [1.54, 1.807) is 17.4 Å². The van der Waals surface area contributed by atoms with Gasteiger partial charge in [0.1, 0.15) is 0 Å². The first-order valence-corrected chi connectivity index (χ1v) is 9.88. The maximum Gasteiger partial charge on any atom is 0.238 e. The lowest BCUT2D eigenvalue weighted by Crippen LogP contribution is -2.48. The molecule has 1 aromatic heterocycles. The molecular weight excluding hydrogens is 377 g/mol. The molecule has 1 fully saturated rings. The van der Waals surface area contributed by atoms with Crippen LogP contribution in [0.25, 0.3) is 0 Å². The number of anilines is 1. The van der Waals surface area contributed by atoms with Crippen LogP contribution in [0, 0.1) is 6.92 Å². The quantitative estimate of drug-likeness (QED) is 0.823. The molecule has 0 spiro atoms. The molecule has 1 aromatic carbocycles. The minimum absolute atomic E-state index is 0.0823. The summed E-state index contributed by atoms with van der Waals surface area (Å²) in [5, 5.41) is 5.93. The van der Waals surface area contributed by atoms with Crippen LogP contribution in [-0.2, 0) is 11.3 Å². The maximum absolute atomic E-state index is 12.4. The van der Waals surface area contributed by atoms with E-state index in [4.69, 9.17) is 23.2 Å². The van der Waals surface area contributed by atoms with Crippen LogP contribution in [0.4, 0.5) is 5.69 Å². The van der Waals surface area contributed by atoms with Gasteiger partial charge in [-0.1, -0.05) is 35.3 Å². The van der Waals surface area contributed by atoms with Gasteiger partial charge in [0.2, 0.25) is 5.91 Å². The van der Waals surface area contributed by atoms with E-state index in [1.807, 2.05) is 13.0 Å². The van der Waals surface area contributed by atoms with Crippen LogP contribution in [0.2, 0.25) is 10.0 Å². The molecule has 4 nitrogen and oxygen atoms in total. The summed E-state index contributed by atoms with van der Waals surface area (Å²) in [6.45, 7) is 6.94. The van der Waals surface area contributed by atoms with Crippen LogP contribution in [-0.4, -0.2) is 48.4 Å². The molecule has 0 atom stereocenters. The van der Waals surface area contributed by atoms with E-state index in [0.717, 1.165) is 38.3 Å². The lowest BCUT2D eigenvalue weighted by Gasteiger charge is -2.34. The zero-order chi connectivity index (χ0) is 17.8.